The molecule has 2 N–H and O–H groups in total. The molecule has 100 valence electrons. The van der Waals surface area contributed by atoms with Crippen molar-refractivity contribution in [2.24, 2.45) is 5.73 Å². The summed E-state index contributed by atoms with van der Waals surface area (Å²) in [4.78, 5) is 0. The lowest BCUT2D eigenvalue weighted by Gasteiger charge is -2.17. The van der Waals surface area contributed by atoms with Crippen LogP contribution in [0.5, 0.6) is 5.75 Å². The summed E-state index contributed by atoms with van der Waals surface area (Å²) in [5.41, 5.74) is 8.36. The van der Waals surface area contributed by atoms with Crippen molar-refractivity contribution in [2.75, 3.05) is 7.11 Å². The molecule has 0 saturated carbocycles. The first-order chi connectivity index (χ1) is 9.02. The van der Waals surface area contributed by atoms with Crippen LogP contribution in [-0.4, -0.2) is 7.11 Å². The van der Waals surface area contributed by atoms with Gasteiger partial charge < -0.3 is 10.5 Å². The fraction of sp³-hybridized carbons (Fsp3) is 0.200. The Kier molecular flexibility index (Phi) is 4.22. The summed E-state index contributed by atoms with van der Waals surface area (Å²) in [6.07, 6.45) is 0. The van der Waals surface area contributed by atoms with E-state index in [2.05, 4.69) is 15.9 Å². The van der Waals surface area contributed by atoms with Crippen molar-refractivity contribution in [3.05, 3.63) is 63.4 Å². The Morgan fingerprint density at radius 3 is 2.58 bits per heavy atom. The van der Waals surface area contributed by atoms with Crippen molar-refractivity contribution >= 4 is 15.9 Å². The topological polar surface area (TPSA) is 35.2 Å². The lowest BCUT2D eigenvalue weighted by molar-refractivity contribution is 0.407. The SMILES string of the molecule is COc1cc(Br)ccc1C(N)c1ccc(C)c(F)c1. The maximum absolute atomic E-state index is 13.6. The van der Waals surface area contributed by atoms with Crippen LogP contribution >= 0.6 is 15.9 Å². The van der Waals surface area contributed by atoms with Crippen molar-refractivity contribution in [3.63, 3.8) is 0 Å². The van der Waals surface area contributed by atoms with E-state index in [0.29, 0.717) is 11.3 Å². The molecule has 4 heteroatoms. The zero-order valence-corrected chi connectivity index (χ0v) is 12.4. The van der Waals surface area contributed by atoms with E-state index in [1.807, 2.05) is 24.3 Å². The van der Waals surface area contributed by atoms with Crippen LogP contribution in [-0.2, 0) is 0 Å². The highest BCUT2D eigenvalue weighted by Gasteiger charge is 2.15. The van der Waals surface area contributed by atoms with Crippen LogP contribution in [0, 0.1) is 12.7 Å². The van der Waals surface area contributed by atoms with Crippen molar-refractivity contribution in [1.82, 2.24) is 0 Å². The second kappa shape index (κ2) is 5.72. The second-order valence-corrected chi connectivity index (χ2v) is 5.29. The maximum Gasteiger partial charge on any atom is 0.126 e. The van der Waals surface area contributed by atoms with Gasteiger partial charge in [-0.2, -0.15) is 0 Å². The molecule has 0 radical (unpaired) electrons. The second-order valence-electron chi connectivity index (χ2n) is 4.37. The maximum atomic E-state index is 13.6. The van der Waals surface area contributed by atoms with E-state index >= 15 is 0 Å². The molecule has 2 aromatic carbocycles. The van der Waals surface area contributed by atoms with Gasteiger partial charge in [0, 0.05) is 10.0 Å². The Hall–Kier alpha value is -1.39. The number of aryl methyl sites for hydroxylation is 1. The highest BCUT2D eigenvalue weighted by molar-refractivity contribution is 9.10. The molecular formula is C15H15BrFNO. The lowest BCUT2D eigenvalue weighted by Crippen LogP contribution is -2.13. The fourth-order valence-corrected chi connectivity index (χ4v) is 2.26. The Morgan fingerprint density at radius 1 is 1.21 bits per heavy atom. The summed E-state index contributed by atoms with van der Waals surface area (Å²) in [5.74, 6) is 0.437. The van der Waals surface area contributed by atoms with Crippen LogP contribution in [0.1, 0.15) is 22.7 Å². The van der Waals surface area contributed by atoms with Gasteiger partial charge in [-0.25, -0.2) is 4.39 Å². The third-order valence-corrected chi connectivity index (χ3v) is 3.58. The average Bonchev–Trinajstić information content (AvgIpc) is 2.41. The minimum Gasteiger partial charge on any atom is -0.496 e. The number of ether oxygens (including phenoxy) is 1. The van der Waals surface area contributed by atoms with Crippen LogP contribution < -0.4 is 10.5 Å². The zero-order valence-electron chi connectivity index (χ0n) is 10.8. The quantitative estimate of drug-likeness (QED) is 0.928. The molecule has 2 nitrogen and oxygen atoms in total. The largest absolute Gasteiger partial charge is 0.496 e. The number of nitrogens with two attached hydrogens (primary N) is 1. The number of hydrogen-bond donors (Lipinski definition) is 1. The molecule has 0 saturated heterocycles. The highest BCUT2D eigenvalue weighted by atomic mass is 79.9. The van der Waals surface area contributed by atoms with Gasteiger partial charge in [-0.1, -0.05) is 34.1 Å². The number of hydrogen-bond acceptors (Lipinski definition) is 2. The van der Waals surface area contributed by atoms with Gasteiger partial charge >= 0.3 is 0 Å². The van der Waals surface area contributed by atoms with Gasteiger partial charge in [0.25, 0.3) is 0 Å². The molecule has 0 bridgehead atoms. The van der Waals surface area contributed by atoms with E-state index < -0.39 is 6.04 Å². The van der Waals surface area contributed by atoms with Crippen molar-refractivity contribution in [2.45, 2.75) is 13.0 Å². The molecular weight excluding hydrogens is 309 g/mol. The zero-order chi connectivity index (χ0) is 14.0. The molecule has 0 aliphatic rings. The van der Waals surface area contributed by atoms with Crippen LogP contribution in [0.25, 0.3) is 0 Å². The Bertz CT molecular complexity index is 601. The molecule has 19 heavy (non-hydrogen) atoms. The number of halogens is 2. The summed E-state index contributed by atoms with van der Waals surface area (Å²) in [7, 11) is 1.59. The van der Waals surface area contributed by atoms with Crippen molar-refractivity contribution in [3.8, 4) is 5.75 Å². The minimum absolute atomic E-state index is 0.246. The van der Waals surface area contributed by atoms with Crippen LogP contribution in [0.2, 0.25) is 0 Å². The smallest absolute Gasteiger partial charge is 0.126 e. The van der Waals surface area contributed by atoms with E-state index in [-0.39, 0.29) is 5.82 Å². The van der Waals surface area contributed by atoms with Gasteiger partial charge in [0.2, 0.25) is 0 Å². The predicted molar refractivity (Wildman–Crippen MR) is 77.9 cm³/mol. The van der Waals surface area contributed by atoms with Gasteiger partial charge in [-0.3, -0.25) is 0 Å². The number of benzene rings is 2. The molecule has 0 heterocycles. The summed E-state index contributed by atoms with van der Waals surface area (Å²) in [5, 5.41) is 0. The molecule has 1 unspecified atom stereocenters. The first-order valence-corrected chi connectivity index (χ1v) is 6.67. The summed E-state index contributed by atoms with van der Waals surface area (Å²) >= 11 is 3.38. The van der Waals surface area contributed by atoms with E-state index in [1.165, 1.54) is 6.07 Å². The summed E-state index contributed by atoms with van der Waals surface area (Å²) in [6.45, 7) is 1.73. The minimum atomic E-state index is -0.418. The predicted octanol–water partition coefficient (Wildman–Crippen LogP) is 3.95. The van der Waals surface area contributed by atoms with Gasteiger partial charge in [-0.05, 0) is 36.2 Å². The normalized spacial score (nSPS) is 12.3. The molecule has 2 aromatic rings. The first-order valence-electron chi connectivity index (χ1n) is 5.88. The number of methoxy groups -OCH3 is 1. The molecule has 0 fully saturated rings. The van der Waals surface area contributed by atoms with Crippen molar-refractivity contribution in [1.29, 1.82) is 0 Å². The Morgan fingerprint density at radius 2 is 1.95 bits per heavy atom. The van der Waals surface area contributed by atoms with Gasteiger partial charge in [0.1, 0.15) is 11.6 Å². The standard InChI is InChI=1S/C15H15BrFNO/c1-9-3-4-10(7-13(9)17)15(18)12-6-5-11(16)8-14(12)19-2/h3-8,15H,18H2,1-2H3. The van der Waals surface area contributed by atoms with E-state index in [9.17, 15) is 4.39 Å². The monoisotopic (exact) mass is 323 g/mol. The molecule has 0 amide bonds. The lowest BCUT2D eigenvalue weighted by atomic mass is 9.97. The fourth-order valence-electron chi connectivity index (χ4n) is 1.92. The average molecular weight is 324 g/mol. The van der Waals surface area contributed by atoms with Crippen LogP contribution in [0.4, 0.5) is 4.39 Å². The van der Waals surface area contributed by atoms with Crippen molar-refractivity contribution < 1.29 is 9.13 Å². The molecule has 2 rings (SSSR count). The molecule has 0 aliphatic heterocycles. The van der Waals surface area contributed by atoms with Crippen LogP contribution in [0.15, 0.2) is 40.9 Å². The highest BCUT2D eigenvalue weighted by Crippen LogP contribution is 2.31. The van der Waals surface area contributed by atoms with Crippen LogP contribution in [0.3, 0.4) is 0 Å². The Labute approximate surface area is 120 Å². The van der Waals surface area contributed by atoms with Gasteiger partial charge in [0.15, 0.2) is 0 Å². The van der Waals surface area contributed by atoms with E-state index in [0.717, 1.165) is 15.6 Å². The Balaban J connectivity index is 2.43. The third-order valence-electron chi connectivity index (χ3n) is 3.09. The molecule has 0 aliphatic carbocycles. The number of rotatable bonds is 3. The summed E-state index contributed by atoms with van der Waals surface area (Å²) < 4.78 is 19.8. The molecule has 1 atom stereocenters. The van der Waals surface area contributed by atoms with Gasteiger partial charge in [-0.15, -0.1) is 0 Å². The molecule has 0 aromatic heterocycles. The first kappa shape index (κ1) is 14.0. The van der Waals surface area contributed by atoms with Gasteiger partial charge in [0.05, 0.1) is 13.2 Å². The summed E-state index contributed by atoms with van der Waals surface area (Å²) in [6, 6.07) is 10.2. The van der Waals surface area contributed by atoms with E-state index in [4.69, 9.17) is 10.5 Å². The van der Waals surface area contributed by atoms with E-state index in [1.54, 1.807) is 20.1 Å². The third kappa shape index (κ3) is 2.96. The molecule has 0 spiro atoms.